The molecule has 0 spiro atoms. The summed E-state index contributed by atoms with van der Waals surface area (Å²) in [5.74, 6) is -0.623. The molecule has 0 saturated heterocycles. The average molecular weight is 677 g/mol. The van der Waals surface area contributed by atoms with Gasteiger partial charge < -0.3 is 24.6 Å². The number of rotatable bonds is 8. The van der Waals surface area contributed by atoms with E-state index in [1.165, 1.54) is 10.8 Å². The van der Waals surface area contributed by atoms with E-state index in [1.54, 1.807) is 51.4 Å². The van der Waals surface area contributed by atoms with Gasteiger partial charge in [0.15, 0.2) is 11.6 Å². The highest BCUT2D eigenvalue weighted by atomic mass is 16.6. The van der Waals surface area contributed by atoms with Crippen LogP contribution in [0.3, 0.4) is 0 Å². The van der Waals surface area contributed by atoms with Crippen LogP contribution in [0.15, 0.2) is 85.3 Å². The second-order valence-corrected chi connectivity index (χ2v) is 14.2. The van der Waals surface area contributed by atoms with Gasteiger partial charge in [0.1, 0.15) is 23.9 Å². The quantitative estimate of drug-likeness (QED) is 0.170. The largest absolute Gasteiger partial charge is 0.485 e. The van der Waals surface area contributed by atoms with Crippen LogP contribution in [-0.4, -0.2) is 61.6 Å². The fourth-order valence-electron chi connectivity index (χ4n) is 6.21. The Hall–Kier alpha value is -5.71. The first-order chi connectivity index (χ1) is 23.7. The van der Waals surface area contributed by atoms with Crippen molar-refractivity contribution in [3.8, 4) is 28.3 Å². The number of benzene rings is 3. The Morgan fingerprint density at radius 2 is 1.44 bits per heavy atom. The highest BCUT2D eigenvalue weighted by molar-refractivity contribution is 6.00. The SMILES string of the molecule is CC(C)(C)OC(=O)n1cc(C[C@H](NC(=O)OCC2c3ccccc3-c3ccccc32)C(=O)O)c2cccc(-c3ncc(OC(C)(C)C)cn3)c21. The van der Waals surface area contributed by atoms with Crippen molar-refractivity contribution in [3.05, 3.63) is 102 Å². The lowest BCUT2D eigenvalue weighted by molar-refractivity contribution is -0.139. The number of ether oxygens (including phenoxy) is 3. The van der Waals surface area contributed by atoms with Crippen molar-refractivity contribution in [2.75, 3.05) is 6.61 Å². The Bertz CT molecular complexity index is 2030. The highest BCUT2D eigenvalue weighted by Gasteiger charge is 2.31. The standard InChI is InChI=1S/C39H40N4O7/c1-38(2,3)49-24-19-40-34(41-20-24)30-17-11-16-25-23(21-43(33(25)30)37(47)50-39(4,5)6)18-32(35(44)45)42-36(46)48-22-31-28-14-9-7-12-26(28)27-13-8-10-15-29(27)31/h7-17,19-21,31-32H,18,22H2,1-6H3,(H,42,46)(H,44,45)/t32-/m0/s1. The van der Waals surface area contributed by atoms with Gasteiger partial charge in [-0.05, 0) is 75.4 Å². The first-order valence-corrected chi connectivity index (χ1v) is 16.4. The summed E-state index contributed by atoms with van der Waals surface area (Å²) in [6.45, 7) is 11.1. The molecule has 258 valence electrons. The summed E-state index contributed by atoms with van der Waals surface area (Å²) in [7, 11) is 0. The number of amides is 1. The van der Waals surface area contributed by atoms with Gasteiger partial charge in [-0.2, -0.15) is 0 Å². The number of hydrogen-bond donors (Lipinski definition) is 2. The van der Waals surface area contributed by atoms with Gasteiger partial charge in [0.25, 0.3) is 0 Å². The van der Waals surface area contributed by atoms with Crippen molar-refractivity contribution in [1.82, 2.24) is 19.9 Å². The molecular weight excluding hydrogens is 636 g/mol. The second kappa shape index (κ2) is 13.3. The van der Waals surface area contributed by atoms with Crippen molar-refractivity contribution in [3.63, 3.8) is 0 Å². The van der Waals surface area contributed by atoms with Gasteiger partial charge in [-0.3, -0.25) is 4.57 Å². The molecule has 2 heterocycles. The highest BCUT2D eigenvalue weighted by Crippen LogP contribution is 2.44. The van der Waals surface area contributed by atoms with Crippen LogP contribution < -0.4 is 10.1 Å². The summed E-state index contributed by atoms with van der Waals surface area (Å²) in [6.07, 6.45) is 3.00. The fourth-order valence-corrected chi connectivity index (χ4v) is 6.21. The number of carboxylic acid groups (broad SMARTS) is 1. The number of aromatic nitrogens is 3. The molecule has 6 rings (SSSR count). The van der Waals surface area contributed by atoms with Crippen LogP contribution in [0.5, 0.6) is 5.75 Å². The Labute approximate surface area is 290 Å². The van der Waals surface area contributed by atoms with Gasteiger partial charge in [-0.25, -0.2) is 24.4 Å². The van der Waals surface area contributed by atoms with Crippen LogP contribution in [0.2, 0.25) is 0 Å². The number of hydrogen-bond acceptors (Lipinski definition) is 8. The molecule has 2 N–H and O–H groups in total. The zero-order valence-electron chi connectivity index (χ0n) is 28.9. The van der Waals surface area contributed by atoms with Gasteiger partial charge >= 0.3 is 18.2 Å². The van der Waals surface area contributed by atoms with Crippen LogP contribution in [0, 0.1) is 0 Å². The fraction of sp³-hybridized carbons (Fsp3) is 0.308. The van der Waals surface area contributed by atoms with Gasteiger partial charge in [0.05, 0.1) is 17.9 Å². The maximum Gasteiger partial charge on any atom is 0.419 e. The lowest BCUT2D eigenvalue weighted by Gasteiger charge is -2.21. The van der Waals surface area contributed by atoms with Crippen molar-refractivity contribution in [2.24, 2.45) is 0 Å². The third kappa shape index (κ3) is 7.31. The molecule has 1 atom stereocenters. The van der Waals surface area contributed by atoms with Crippen molar-refractivity contribution in [2.45, 2.75) is 71.1 Å². The van der Waals surface area contributed by atoms with Crippen molar-refractivity contribution < 1.29 is 33.7 Å². The van der Waals surface area contributed by atoms with Crippen LogP contribution in [0.1, 0.15) is 64.2 Å². The molecular formula is C39H40N4O7. The summed E-state index contributed by atoms with van der Waals surface area (Å²) in [5.41, 5.74) is 4.46. The molecule has 11 nitrogen and oxygen atoms in total. The molecule has 0 unspecified atom stereocenters. The molecule has 3 aromatic carbocycles. The Morgan fingerprint density at radius 1 is 0.840 bits per heavy atom. The van der Waals surface area contributed by atoms with E-state index in [1.807, 2.05) is 69.3 Å². The summed E-state index contributed by atoms with van der Waals surface area (Å²) in [4.78, 5) is 48.2. The second-order valence-electron chi connectivity index (χ2n) is 14.2. The minimum atomic E-state index is -1.36. The molecule has 0 fully saturated rings. The topological polar surface area (TPSA) is 142 Å². The maximum atomic E-state index is 13.5. The molecule has 0 aliphatic heterocycles. The normalized spacial score (nSPS) is 13.3. The molecule has 0 bridgehead atoms. The number of nitrogens with one attached hydrogen (secondary N) is 1. The number of carbonyl (C=O) groups excluding carboxylic acids is 2. The third-order valence-corrected chi connectivity index (χ3v) is 8.15. The van der Waals surface area contributed by atoms with E-state index in [0.29, 0.717) is 33.6 Å². The van der Waals surface area contributed by atoms with Crippen molar-refractivity contribution >= 4 is 29.1 Å². The molecule has 1 aliphatic carbocycles. The van der Waals surface area contributed by atoms with Gasteiger partial charge in [-0.1, -0.05) is 60.7 Å². The summed E-state index contributed by atoms with van der Waals surface area (Å²) < 4.78 is 18.6. The van der Waals surface area contributed by atoms with Crippen LogP contribution >= 0.6 is 0 Å². The lowest BCUT2D eigenvalue weighted by Crippen LogP contribution is -2.42. The monoisotopic (exact) mass is 676 g/mol. The Morgan fingerprint density at radius 3 is 2.02 bits per heavy atom. The van der Waals surface area contributed by atoms with E-state index < -0.39 is 35.4 Å². The minimum absolute atomic E-state index is 0.0348. The third-order valence-electron chi connectivity index (χ3n) is 8.15. The smallest absolute Gasteiger partial charge is 0.419 e. The average Bonchev–Trinajstić information content (AvgIpc) is 3.58. The van der Waals surface area contributed by atoms with Crippen LogP contribution in [0.4, 0.5) is 9.59 Å². The lowest BCUT2D eigenvalue weighted by atomic mass is 9.98. The zero-order chi connectivity index (χ0) is 35.8. The summed E-state index contributed by atoms with van der Waals surface area (Å²) >= 11 is 0. The molecule has 50 heavy (non-hydrogen) atoms. The first kappa shape index (κ1) is 34.2. The van der Waals surface area contributed by atoms with Crippen LogP contribution in [-0.2, 0) is 20.7 Å². The summed E-state index contributed by atoms with van der Waals surface area (Å²) in [6, 6.07) is 19.9. The molecule has 0 saturated carbocycles. The van der Waals surface area contributed by atoms with E-state index in [2.05, 4.69) is 15.3 Å². The van der Waals surface area contributed by atoms with E-state index in [4.69, 9.17) is 14.2 Å². The van der Waals surface area contributed by atoms with Crippen LogP contribution in [0.25, 0.3) is 33.4 Å². The Kier molecular flexibility index (Phi) is 9.09. The predicted molar refractivity (Wildman–Crippen MR) is 188 cm³/mol. The van der Waals surface area contributed by atoms with Gasteiger partial charge in [0, 0.05) is 29.5 Å². The number of carbonyl (C=O) groups is 3. The molecule has 2 aromatic heterocycles. The molecule has 1 aliphatic rings. The van der Waals surface area contributed by atoms with Crippen molar-refractivity contribution in [1.29, 1.82) is 0 Å². The first-order valence-electron chi connectivity index (χ1n) is 16.4. The van der Waals surface area contributed by atoms with E-state index in [9.17, 15) is 19.5 Å². The van der Waals surface area contributed by atoms with E-state index in [-0.39, 0.29) is 18.9 Å². The zero-order valence-corrected chi connectivity index (χ0v) is 28.9. The number of alkyl carbamates (subject to hydrolysis) is 1. The number of fused-ring (bicyclic) bond motifs is 4. The van der Waals surface area contributed by atoms with E-state index in [0.717, 1.165) is 22.3 Å². The number of para-hydroxylation sites is 1. The predicted octanol–water partition coefficient (Wildman–Crippen LogP) is 7.59. The van der Waals surface area contributed by atoms with Gasteiger partial charge in [-0.15, -0.1) is 0 Å². The molecule has 11 heteroatoms. The molecule has 0 radical (unpaired) electrons. The minimum Gasteiger partial charge on any atom is -0.485 e. The number of aliphatic carboxylic acids is 1. The maximum absolute atomic E-state index is 13.5. The number of carboxylic acids is 1. The summed E-state index contributed by atoms with van der Waals surface area (Å²) in [5, 5.41) is 13.3. The Balaban J connectivity index is 1.27. The van der Waals surface area contributed by atoms with Gasteiger partial charge in [0.2, 0.25) is 0 Å². The molecule has 1 amide bonds. The number of nitrogens with zero attached hydrogens (tertiary/aromatic N) is 3. The van der Waals surface area contributed by atoms with E-state index >= 15 is 0 Å². The molecule has 5 aromatic rings.